The molecular weight excluding hydrogens is 210 g/mol. The first-order valence-electron chi connectivity index (χ1n) is 7.10. The third kappa shape index (κ3) is 4.15. The Bertz CT molecular complexity index is 288. The number of hydrogen-bond donors (Lipinski definition) is 2. The van der Waals surface area contributed by atoms with Crippen LogP contribution in [-0.2, 0) is 6.42 Å². The Hall–Kier alpha value is -0.830. The highest BCUT2D eigenvalue weighted by Gasteiger charge is 2.19. The standard InChI is InChI=1S/C14H25N3/c1-2-15-13(11-14-16-8-9-17-14)10-12-6-4-3-5-7-12/h8-9,12-13,15H,2-7,10-11H2,1H3,(H,16,17). The largest absolute Gasteiger partial charge is 0.349 e. The Balaban J connectivity index is 1.83. The molecule has 1 aliphatic rings. The third-order valence-corrected chi connectivity index (χ3v) is 3.83. The lowest BCUT2D eigenvalue weighted by Crippen LogP contribution is -2.33. The molecule has 0 radical (unpaired) electrons. The van der Waals surface area contributed by atoms with Crippen LogP contribution in [0.15, 0.2) is 12.4 Å². The maximum Gasteiger partial charge on any atom is 0.107 e. The van der Waals surface area contributed by atoms with Crippen molar-refractivity contribution in [2.24, 2.45) is 5.92 Å². The van der Waals surface area contributed by atoms with E-state index in [9.17, 15) is 0 Å². The first kappa shape index (κ1) is 12.6. The molecule has 17 heavy (non-hydrogen) atoms. The van der Waals surface area contributed by atoms with Crippen molar-refractivity contribution in [1.29, 1.82) is 0 Å². The van der Waals surface area contributed by atoms with Crippen molar-refractivity contribution in [1.82, 2.24) is 15.3 Å². The molecular formula is C14H25N3. The van der Waals surface area contributed by atoms with E-state index in [2.05, 4.69) is 22.2 Å². The van der Waals surface area contributed by atoms with Gasteiger partial charge in [-0.25, -0.2) is 4.98 Å². The summed E-state index contributed by atoms with van der Waals surface area (Å²) in [6.07, 6.45) is 13.3. The molecule has 3 heteroatoms. The van der Waals surface area contributed by atoms with E-state index >= 15 is 0 Å². The average molecular weight is 235 g/mol. The van der Waals surface area contributed by atoms with Crippen LogP contribution in [0.3, 0.4) is 0 Å². The Labute approximate surface area is 104 Å². The van der Waals surface area contributed by atoms with Gasteiger partial charge in [-0.2, -0.15) is 0 Å². The third-order valence-electron chi connectivity index (χ3n) is 3.83. The van der Waals surface area contributed by atoms with Crippen LogP contribution < -0.4 is 5.32 Å². The van der Waals surface area contributed by atoms with Gasteiger partial charge in [0, 0.05) is 24.9 Å². The van der Waals surface area contributed by atoms with Crippen molar-refractivity contribution in [2.45, 2.75) is 57.9 Å². The molecule has 1 atom stereocenters. The maximum absolute atomic E-state index is 4.34. The molecule has 1 saturated carbocycles. The molecule has 0 aromatic carbocycles. The second-order valence-electron chi connectivity index (χ2n) is 5.23. The molecule has 0 amide bonds. The molecule has 1 heterocycles. The quantitative estimate of drug-likeness (QED) is 0.796. The summed E-state index contributed by atoms with van der Waals surface area (Å²) in [6.45, 7) is 3.24. The van der Waals surface area contributed by atoms with Crippen LogP contribution in [0.25, 0.3) is 0 Å². The minimum Gasteiger partial charge on any atom is -0.349 e. The molecule has 2 N–H and O–H groups in total. The summed E-state index contributed by atoms with van der Waals surface area (Å²) in [5, 5.41) is 3.61. The summed E-state index contributed by atoms with van der Waals surface area (Å²) >= 11 is 0. The van der Waals surface area contributed by atoms with Crippen molar-refractivity contribution in [3.8, 4) is 0 Å². The fourth-order valence-corrected chi connectivity index (χ4v) is 3.00. The SMILES string of the molecule is CCNC(Cc1ncc[nH]1)CC1CCCCC1. The molecule has 0 spiro atoms. The predicted octanol–water partition coefficient (Wildman–Crippen LogP) is 2.90. The van der Waals surface area contributed by atoms with Crippen molar-refractivity contribution < 1.29 is 0 Å². The molecule has 0 aliphatic heterocycles. The van der Waals surface area contributed by atoms with E-state index in [1.165, 1.54) is 38.5 Å². The van der Waals surface area contributed by atoms with Gasteiger partial charge >= 0.3 is 0 Å². The fraction of sp³-hybridized carbons (Fsp3) is 0.786. The molecule has 1 aliphatic carbocycles. The van der Waals surface area contributed by atoms with E-state index in [-0.39, 0.29) is 0 Å². The van der Waals surface area contributed by atoms with Crippen molar-refractivity contribution >= 4 is 0 Å². The van der Waals surface area contributed by atoms with Gasteiger partial charge in [-0.15, -0.1) is 0 Å². The second kappa shape index (κ2) is 6.80. The van der Waals surface area contributed by atoms with Crippen molar-refractivity contribution in [3.05, 3.63) is 18.2 Å². The lowest BCUT2D eigenvalue weighted by Gasteiger charge is -2.26. The van der Waals surface area contributed by atoms with Gasteiger partial charge in [-0.1, -0.05) is 39.0 Å². The van der Waals surface area contributed by atoms with Gasteiger partial charge < -0.3 is 10.3 Å². The number of hydrogen-bond acceptors (Lipinski definition) is 2. The average Bonchev–Trinajstić information content (AvgIpc) is 2.83. The lowest BCUT2D eigenvalue weighted by molar-refractivity contribution is 0.297. The smallest absolute Gasteiger partial charge is 0.107 e. The van der Waals surface area contributed by atoms with Crippen LogP contribution >= 0.6 is 0 Å². The van der Waals surface area contributed by atoms with E-state index in [0.29, 0.717) is 6.04 Å². The maximum atomic E-state index is 4.34. The van der Waals surface area contributed by atoms with E-state index in [1.54, 1.807) is 0 Å². The number of H-pyrrole nitrogens is 1. The topological polar surface area (TPSA) is 40.7 Å². The van der Waals surface area contributed by atoms with Gasteiger partial charge in [0.15, 0.2) is 0 Å². The summed E-state index contributed by atoms with van der Waals surface area (Å²) in [7, 11) is 0. The van der Waals surface area contributed by atoms with Crippen LogP contribution in [-0.4, -0.2) is 22.6 Å². The molecule has 1 fully saturated rings. The number of nitrogens with one attached hydrogen (secondary N) is 2. The second-order valence-corrected chi connectivity index (χ2v) is 5.23. The summed E-state index contributed by atoms with van der Waals surface area (Å²) in [5.41, 5.74) is 0. The minimum atomic E-state index is 0.592. The highest BCUT2D eigenvalue weighted by Crippen LogP contribution is 2.27. The first-order valence-corrected chi connectivity index (χ1v) is 7.10. The number of aromatic nitrogens is 2. The summed E-state index contributed by atoms with van der Waals surface area (Å²) in [6, 6.07) is 0.592. The Morgan fingerprint density at radius 1 is 1.41 bits per heavy atom. The Morgan fingerprint density at radius 2 is 2.24 bits per heavy atom. The molecule has 3 nitrogen and oxygen atoms in total. The summed E-state index contributed by atoms with van der Waals surface area (Å²) in [5.74, 6) is 2.05. The van der Waals surface area contributed by atoms with Gasteiger partial charge in [-0.3, -0.25) is 0 Å². The highest BCUT2D eigenvalue weighted by atomic mass is 14.9. The molecule has 0 saturated heterocycles. The molecule has 1 aromatic rings. The number of likely N-dealkylation sites (N-methyl/N-ethyl adjacent to an activating group) is 1. The fourth-order valence-electron chi connectivity index (χ4n) is 3.00. The van der Waals surface area contributed by atoms with Crippen molar-refractivity contribution in [2.75, 3.05) is 6.54 Å². The van der Waals surface area contributed by atoms with Crippen molar-refractivity contribution in [3.63, 3.8) is 0 Å². The summed E-state index contributed by atoms with van der Waals surface area (Å²) < 4.78 is 0. The predicted molar refractivity (Wildman–Crippen MR) is 70.9 cm³/mol. The van der Waals surface area contributed by atoms with Crippen LogP contribution in [0.5, 0.6) is 0 Å². The van der Waals surface area contributed by atoms with Gasteiger partial charge in [0.2, 0.25) is 0 Å². The van der Waals surface area contributed by atoms with E-state index < -0.39 is 0 Å². The lowest BCUT2D eigenvalue weighted by atomic mass is 9.84. The number of rotatable bonds is 6. The van der Waals surface area contributed by atoms with Gasteiger partial charge in [0.05, 0.1) is 0 Å². The Kier molecular flexibility index (Phi) is 5.05. The van der Waals surface area contributed by atoms with Crippen LogP contribution in [0.2, 0.25) is 0 Å². The van der Waals surface area contributed by atoms with Gasteiger partial charge in [-0.05, 0) is 18.9 Å². The normalized spacial score (nSPS) is 19.4. The molecule has 0 bridgehead atoms. The van der Waals surface area contributed by atoms with Gasteiger partial charge in [0.1, 0.15) is 5.82 Å². The zero-order valence-corrected chi connectivity index (χ0v) is 10.9. The summed E-state index contributed by atoms with van der Waals surface area (Å²) in [4.78, 5) is 7.55. The first-order chi connectivity index (χ1) is 8.38. The number of imidazole rings is 1. The Morgan fingerprint density at radius 3 is 2.88 bits per heavy atom. The number of aromatic amines is 1. The van der Waals surface area contributed by atoms with E-state index in [4.69, 9.17) is 0 Å². The van der Waals surface area contributed by atoms with Crippen LogP contribution in [0.4, 0.5) is 0 Å². The van der Waals surface area contributed by atoms with E-state index in [1.807, 2.05) is 12.4 Å². The number of nitrogens with zero attached hydrogens (tertiary/aromatic N) is 1. The molecule has 1 unspecified atom stereocenters. The van der Waals surface area contributed by atoms with E-state index in [0.717, 1.165) is 24.7 Å². The molecule has 1 aromatic heterocycles. The van der Waals surface area contributed by atoms with Gasteiger partial charge in [0.25, 0.3) is 0 Å². The van der Waals surface area contributed by atoms with Crippen LogP contribution in [0, 0.1) is 5.92 Å². The zero-order valence-electron chi connectivity index (χ0n) is 10.9. The minimum absolute atomic E-state index is 0.592. The highest BCUT2D eigenvalue weighted by molar-refractivity contribution is 4.92. The monoisotopic (exact) mass is 235 g/mol. The van der Waals surface area contributed by atoms with Crippen LogP contribution in [0.1, 0.15) is 51.3 Å². The molecule has 96 valence electrons. The molecule has 2 rings (SSSR count). The zero-order chi connectivity index (χ0) is 11.9.